The van der Waals surface area contributed by atoms with E-state index in [1.807, 2.05) is 0 Å². The number of hydrogen-bond acceptors (Lipinski definition) is 4. The highest BCUT2D eigenvalue weighted by Crippen LogP contribution is 2.20. The normalized spacial score (nSPS) is 26.4. The van der Waals surface area contributed by atoms with E-state index in [9.17, 15) is 9.90 Å². The molecule has 0 aromatic rings. The first-order chi connectivity index (χ1) is 6.87. The predicted molar refractivity (Wildman–Crippen MR) is 54.1 cm³/mol. The van der Waals surface area contributed by atoms with E-state index < -0.39 is 11.7 Å². The molecule has 2 atom stereocenters. The Labute approximate surface area is 89.7 Å². The van der Waals surface area contributed by atoms with Crippen molar-refractivity contribution in [1.29, 1.82) is 0 Å². The largest absolute Gasteiger partial charge is 0.442 e. The van der Waals surface area contributed by atoms with Crippen molar-refractivity contribution in [1.82, 2.24) is 5.48 Å². The smallest absolute Gasteiger partial charge is 0.431 e. The summed E-state index contributed by atoms with van der Waals surface area (Å²) in [6, 6.07) is 0. The van der Waals surface area contributed by atoms with Crippen molar-refractivity contribution < 1.29 is 19.5 Å². The fraction of sp³-hybridized carbons (Fsp3) is 0.900. The van der Waals surface area contributed by atoms with Crippen molar-refractivity contribution in [2.45, 2.75) is 57.8 Å². The van der Waals surface area contributed by atoms with Crippen LogP contribution < -0.4 is 5.48 Å². The summed E-state index contributed by atoms with van der Waals surface area (Å²) in [5, 5.41) is 9.23. The number of aliphatic hydroxyl groups is 1. The molecule has 1 fully saturated rings. The lowest BCUT2D eigenvalue weighted by atomic mass is 10.2. The molecule has 0 aromatic carbocycles. The van der Waals surface area contributed by atoms with E-state index in [1.165, 1.54) is 0 Å². The van der Waals surface area contributed by atoms with Gasteiger partial charge in [-0.1, -0.05) is 0 Å². The highest BCUT2D eigenvalue weighted by Gasteiger charge is 2.25. The maximum atomic E-state index is 11.2. The van der Waals surface area contributed by atoms with Crippen LogP contribution >= 0.6 is 0 Å². The van der Waals surface area contributed by atoms with Crippen molar-refractivity contribution in [3.8, 4) is 0 Å². The Hall–Kier alpha value is -0.810. The molecule has 5 nitrogen and oxygen atoms in total. The number of hydrogen-bond donors (Lipinski definition) is 2. The summed E-state index contributed by atoms with van der Waals surface area (Å²) < 4.78 is 4.99. The lowest BCUT2D eigenvalue weighted by molar-refractivity contribution is -0.0429. The van der Waals surface area contributed by atoms with Gasteiger partial charge in [0, 0.05) is 6.42 Å². The first kappa shape index (κ1) is 12.3. The second kappa shape index (κ2) is 4.81. The minimum atomic E-state index is -0.594. The summed E-state index contributed by atoms with van der Waals surface area (Å²) in [4.78, 5) is 16.3. The standard InChI is InChI=1S/C10H19NO4/c1-10(2,3)14-9(13)11-15-8-5-4-7(12)6-8/h7-8,12H,4-6H2,1-3H3,(H,11,13). The second-order valence-electron chi connectivity index (χ2n) is 4.81. The van der Waals surface area contributed by atoms with Gasteiger partial charge in [-0.2, -0.15) is 5.48 Å². The van der Waals surface area contributed by atoms with Gasteiger partial charge in [0.15, 0.2) is 0 Å². The van der Waals surface area contributed by atoms with Crippen LogP contribution in [0.15, 0.2) is 0 Å². The third kappa shape index (κ3) is 4.99. The Morgan fingerprint density at radius 1 is 1.40 bits per heavy atom. The van der Waals surface area contributed by atoms with Crippen LogP contribution in [-0.4, -0.2) is 29.0 Å². The van der Waals surface area contributed by atoms with Gasteiger partial charge in [-0.05, 0) is 33.6 Å². The molecule has 0 aromatic heterocycles. The molecule has 1 amide bonds. The highest BCUT2D eigenvalue weighted by molar-refractivity contribution is 5.66. The molecule has 0 heterocycles. The lowest BCUT2D eigenvalue weighted by Crippen LogP contribution is -2.34. The van der Waals surface area contributed by atoms with E-state index in [2.05, 4.69) is 5.48 Å². The first-order valence-corrected chi connectivity index (χ1v) is 5.19. The van der Waals surface area contributed by atoms with Gasteiger partial charge < -0.3 is 9.84 Å². The van der Waals surface area contributed by atoms with Crippen LogP contribution in [0.5, 0.6) is 0 Å². The van der Waals surface area contributed by atoms with Crippen molar-refractivity contribution in [3.63, 3.8) is 0 Å². The number of carbonyl (C=O) groups excluding carboxylic acids is 1. The third-order valence-corrected chi connectivity index (χ3v) is 2.06. The van der Waals surface area contributed by atoms with Crippen molar-refractivity contribution in [2.24, 2.45) is 0 Å². The average Bonchev–Trinajstić information content (AvgIpc) is 2.45. The third-order valence-electron chi connectivity index (χ3n) is 2.06. The molecule has 2 unspecified atom stereocenters. The Balaban J connectivity index is 2.17. The van der Waals surface area contributed by atoms with E-state index in [0.29, 0.717) is 6.42 Å². The van der Waals surface area contributed by atoms with Crippen molar-refractivity contribution in [3.05, 3.63) is 0 Å². The summed E-state index contributed by atoms with van der Waals surface area (Å²) in [6.45, 7) is 5.35. The molecule has 0 bridgehead atoms. The zero-order chi connectivity index (χ0) is 11.5. The zero-order valence-corrected chi connectivity index (χ0v) is 9.45. The molecule has 0 aliphatic heterocycles. The molecule has 0 saturated heterocycles. The number of rotatable bonds is 2. The van der Waals surface area contributed by atoms with Gasteiger partial charge in [0.25, 0.3) is 0 Å². The first-order valence-electron chi connectivity index (χ1n) is 5.19. The molecule has 0 spiro atoms. The Kier molecular flexibility index (Phi) is 3.93. The maximum absolute atomic E-state index is 11.2. The van der Waals surface area contributed by atoms with Gasteiger partial charge in [0.2, 0.25) is 0 Å². The van der Waals surface area contributed by atoms with Gasteiger partial charge in [-0.15, -0.1) is 0 Å². The molecular weight excluding hydrogens is 198 g/mol. The van der Waals surface area contributed by atoms with E-state index >= 15 is 0 Å². The van der Waals surface area contributed by atoms with Gasteiger partial charge in [0.05, 0.1) is 12.2 Å². The molecule has 1 saturated carbocycles. The van der Waals surface area contributed by atoms with Crippen LogP contribution in [0.4, 0.5) is 4.79 Å². The molecule has 2 N–H and O–H groups in total. The Morgan fingerprint density at radius 3 is 2.53 bits per heavy atom. The molecule has 15 heavy (non-hydrogen) atoms. The zero-order valence-electron chi connectivity index (χ0n) is 9.45. The maximum Gasteiger partial charge on any atom is 0.431 e. The van der Waals surface area contributed by atoms with Gasteiger partial charge >= 0.3 is 6.09 Å². The van der Waals surface area contributed by atoms with Crippen LogP contribution in [0.2, 0.25) is 0 Å². The summed E-state index contributed by atoms with van der Waals surface area (Å²) in [5.74, 6) is 0. The average molecular weight is 217 g/mol. The topological polar surface area (TPSA) is 67.8 Å². The summed E-state index contributed by atoms with van der Waals surface area (Å²) in [5.41, 5.74) is 1.70. The van der Waals surface area contributed by atoms with Crippen LogP contribution in [0, 0.1) is 0 Å². The number of hydroxylamine groups is 1. The quantitative estimate of drug-likeness (QED) is 0.685. The number of carbonyl (C=O) groups is 1. The highest BCUT2D eigenvalue weighted by atomic mass is 16.7. The Morgan fingerprint density at radius 2 is 2.07 bits per heavy atom. The van der Waals surface area contributed by atoms with Crippen molar-refractivity contribution >= 4 is 6.09 Å². The fourth-order valence-electron chi connectivity index (χ4n) is 1.45. The van der Waals surface area contributed by atoms with Gasteiger partial charge in [-0.3, -0.25) is 4.84 Å². The summed E-state index contributed by atoms with van der Waals surface area (Å²) in [7, 11) is 0. The minimum absolute atomic E-state index is 0.104. The molecule has 1 aliphatic rings. The lowest BCUT2D eigenvalue weighted by Gasteiger charge is -2.20. The predicted octanol–water partition coefficient (Wildman–Crippen LogP) is 1.36. The van der Waals surface area contributed by atoms with Gasteiger partial charge in [0.1, 0.15) is 5.60 Å². The summed E-state index contributed by atoms with van der Waals surface area (Å²) in [6.07, 6.45) is 1.04. The molecule has 1 aliphatic carbocycles. The van der Waals surface area contributed by atoms with E-state index in [4.69, 9.17) is 9.57 Å². The van der Waals surface area contributed by atoms with E-state index in [-0.39, 0.29) is 12.2 Å². The molecular formula is C10H19NO4. The van der Waals surface area contributed by atoms with Crippen molar-refractivity contribution in [2.75, 3.05) is 0 Å². The van der Waals surface area contributed by atoms with Crippen LogP contribution in [0.1, 0.15) is 40.0 Å². The number of ether oxygens (including phenoxy) is 1. The molecule has 1 rings (SSSR count). The molecule has 0 radical (unpaired) electrons. The monoisotopic (exact) mass is 217 g/mol. The molecule has 5 heteroatoms. The SMILES string of the molecule is CC(C)(C)OC(=O)NOC1CCC(O)C1. The number of amides is 1. The Bertz CT molecular complexity index is 224. The van der Waals surface area contributed by atoms with Crippen LogP contribution in [-0.2, 0) is 9.57 Å². The van der Waals surface area contributed by atoms with Crippen LogP contribution in [0.3, 0.4) is 0 Å². The number of nitrogens with one attached hydrogen (secondary N) is 1. The van der Waals surface area contributed by atoms with Gasteiger partial charge in [-0.25, -0.2) is 4.79 Å². The van der Waals surface area contributed by atoms with Crippen LogP contribution in [0.25, 0.3) is 0 Å². The second-order valence-corrected chi connectivity index (χ2v) is 4.81. The van der Waals surface area contributed by atoms with E-state index in [1.54, 1.807) is 20.8 Å². The molecule has 88 valence electrons. The number of aliphatic hydroxyl groups excluding tert-OH is 1. The fourth-order valence-corrected chi connectivity index (χ4v) is 1.45. The van der Waals surface area contributed by atoms with E-state index in [0.717, 1.165) is 12.8 Å². The summed E-state index contributed by atoms with van der Waals surface area (Å²) >= 11 is 0. The minimum Gasteiger partial charge on any atom is -0.442 e.